The van der Waals surface area contributed by atoms with Crippen molar-refractivity contribution >= 4 is 29.8 Å². The van der Waals surface area contributed by atoms with Gasteiger partial charge in [-0.25, -0.2) is 9.78 Å². The highest BCUT2D eigenvalue weighted by molar-refractivity contribution is 5.91. The molecule has 0 aliphatic rings. The van der Waals surface area contributed by atoms with Gasteiger partial charge in [0.05, 0.1) is 5.56 Å². The Kier molecular flexibility index (Phi) is 5.74. The van der Waals surface area contributed by atoms with Crippen molar-refractivity contribution in [2.45, 2.75) is 6.92 Å². The first-order valence-corrected chi connectivity index (χ1v) is 8.39. The third kappa shape index (κ3) is 5.37. The maximum atomic E-state index is 12.0. The first-order valence-electron chi connectivity index (χ1n) is 8.39. The Bertz CT molecular complexity index is 964. The lowest BCUT2D eigenvalue weighted by atomic mass is 10.1. The van der Waals surface area contributed by atoms with Crippen LogP contribution in [0, 0.1) is 0 Å². The lowest BCUT2D eigenvalue weighted by Gasteiger charge is -2.04. The molecule has 1 N–H and O–H groups in total. The molecule has 3 rings (SSSR count). The van der Waals surface area contributed by atoms with Crippen LogP contribution >= 0.6 is 0 Å². The topological polar surface area (TPSA) is 68.3 Å². The van der Waals surface area contributed by atoms with Crippen molar-refractivity contribution in [3.05, 3.63) is 89.6 Å². The van der Waals surface area contributed by atoms with Crippen LogP contribution in [0.3, 0.4) is 0 Å². The molecule has 0 bridgehead atoms. The van der Waals surface area contributed by atoms with Crippen LogP contribution in [0.2, 0.25) is 0 Å². The molecular formula is C22H18N2O3. The fraction of sp³-hybridized carbons (Fsp3) is 0.0455. The van der Waals surface area contributed by atoms with Crippen molar-refractivity contribution < 1.29 is 14.3 Å². The smallest absolute Gasteiger partial charge is 0.343 e. The van der Waals surface area contributed by atoms with Crippen molar-refractivity contribution in [1.29, 1.82) is 0 Å². The molecule has 0 unspecified atom stereocenters. The average Bonchev–Trinajstić information content (AvgIpc) is 2.68. The summed E-state index contributed by atoms with van der Waals surface area (Å²) in [7, 11) is 0. The summed E-state index contributed by atoms with van der Waals surface area (Å²) >= 11 is 0. The van der Waals surface area contributed by atoms with Gasteiger partial charge in [0.15, 0.2) is 0 Å². The Morgan fingerprint density at radius 3 is 2.33 bits per heavy atom. The van der Waals surface area contributed by atoms with Crippen LogP contribution in [0.5, 0.6) is 5.75 Å². The number of aromatic nitrogens is 1. The van der Waals surface area contributed by atoms with E-state index in [2.05, 4.69) is 10.3 Å². The van der Waals surface area contributed by atoms with E-state index >= 15 is 0 Å². The molecule has 1 heterocycles. The number of ether oxygens (including phenoxy) is 1. The second kappa shape index (κ2) is 8.58. The number of benzene rings is 2. The number of carbonyl (C=O) groups excluding carboxylic acids is 2. The molecule has 1 aromatic heterocycles. The van der Waals surface area contributed by atoms with E-state index in [4.69, 9.17) is 4.74 Å². The molecule has 5 heteroatoms. The number of esters is 1. The monoisotopic (exact) mass is 358 g/mol. The number of hydrogen-bond donors (Lipinski definition) is 1. The zero-order valence-corrected chi connectivity index (χ0v) is 14.8. The highest BCUT2D eigenvalue weighted by atomic mass is 16.5. The maximum absolute atomic E-state index is 12.0. The van der Waals surface area contributed by atoms with E-state index < -0.39 is 0 Å². The Labute approximate surface area is 157 Å². The molecule has 134 valence electrons. The Balaban J connectivity index is 1.64. The molecule has 0 radical (unpaired) electrons. The minimum absolute atomic E-state index is 0.163. The Morgan fingerprint density at radius 1 is 0.926 bits per heavy atom. The molecule has 0 atom stereocenters. The van der Waals surface area contributed by atoms with Crippen molar-refractivity contribution in [3.63, 3.8) is 0 Å². The molecule has 5 nitrogen and oxygen atoms in total. The Morgan fingerprint density at radius 2 is 1.63 bits per heavy atom. The summed E-state index contributed by atoms with van der Waals surface area (Å²) in [5.74, 6) is 0.441. The van der Waals surface area contributed by atoms with Crippen LogP contribution in [-0.4, -0.2) is 16.9 Å². The fourth-order valence-electron chi connectivity index (χ4n) is 2.38. The maximum Gasteiger partial charge on any atom is 0.343 e. The molecule has 1 amide bonds. The molecule has 0 spiro atoms. The predicted octanol–water partition coefficient (Wildman–Crippen LogP) is 4.43. The second-order valence-corrected chi connectivity index (χ2v) is 5.81. The van der Waals surface area contributed by atoms with Gasteiger partial charge in [0.2, 0.25) is 5.91 Å². The van der Waals surface area contributed by atoms with E-state index in [1.165, 1.54) is 6.92 Å². The van der Waals surface area contributed by atoms with Crippen LogP contribution in [0.25, 0.3) is 12.2 Å². The van der Waals surface area contributed by atoms with Crippen molar-refractivity contribution in [1.82, 2.24) is 4.98 Å². The van der Waals surface area contributed by atoms with E-state index in [1.54, 1.807) is 48.7 Å². The van der Waals surface area contributed by atoms with E-state index in [0.29, 0.717) is 17.1 Å². The Hall–Kier alpha value is -3.73. The van der Waals surface area contributed by atoms with Crippen LogP contribution in [0.4, 0.5) is 5.82 Å². The van der Waals surface area contributed by atoms with Crippen LogP contribution in [0.15, 0.2) is 72.9 Å². The number of anilines is 1. The van der Waals surface area contributed by atoms with Gasteiger partial charge in [0.25, 0.3) is 0 Å². The minimum atomic E-state index is -0.388. The number of nitrogens with zero attached hydrogens (tertiary/aromatic N) is 1. The van der Waals surface area contributed by atoms with Gasteiger partial charge in [0, 0.05) is 13.1 Å². The largest absolute Gasteiger partial charge is 0.423 e. The third-order valence-electron chi connectivity index (χ3n) is 3.66. The van der Waals surface area contributed by atoms with Crippen molar-refractivity contribution in [2.75, 3.05) is 5.32 Å². The minimum Gasteiger partial charge on any atom is -0.423 e. The van der Waals surface area contributed by atoms with Gasteiger partial charge in [-0.3, -0.25) is 4.79 Å². The number of hydrogen-bond acceptors (Lipinski definition) is 4. The highest BCUT2D eigenvalue weighted by Gasteiger charge is 2.07. The first-order chi connectivity index (χ1) is 13.1. The summed E-state index contributed by atoms with van der Waals surface area (Å²) in [6.45, 7) is 1.44. The third-order valence-corrected chi connectivity index (χ3v) is 3.66. The highest BCUT2D eigenvalue weighted by Crippen LogP contribution is 2.17. The zero-order valence-electron chi connectivity index (χ0n) is 14.8. The normalized spacial score (nSPS) is 10.6. The van der Waals surface area contributed by atoms with Gasteiger partial charge in [0.1, 0.15) is 11.6 Å². The fourth-order valence-corrected chi connectivity index (χ4v) is 2.38. The SMILES string of the molecule is CC(=O)Nc1cc(/C=C/c2ccc(OC(=O)c3ccccc3)cc2)ccn1. The quantitative estimate of drug-likeness (QED) is 0.541. The molecule has 0 saturated heterocycles. The van der Waals surface area contributed by atoms with E-state index in [-0.39, 0.29) is 11.9 Å². The number of nitrogens with one attached hydrogen (secondary N) is 1. The van der Waals surface area contributed by atoms with Gasteiger partial charge in [-0.05, 0) is 47.5 Å². The molecule has 27 heavy (non-hydrogen) atoms. The lowest BCUT2D eigenvalue weighted by Crippen LogP contribution is -2.07. The van der Waals surface area contributed by atoms with Crippen LogP contribution in [0.1, 0.15) is 28.4 Å². The lowest BCUT2D eigenvalue weighted by molar-refractivity contribution is -0.114. The number of pyridine rings is 1. The van der Waals surface area contributed by atoms with Crippen molar-refractivity contribution in [3.8, 4) is 5.75 Å². The van der Waals surface area contributed by atoms with Crippen LogP contribution in [-0.2, 0) is 4.79 Å². The van der Waals surface area contributed by atoms with E-state index in [1.807, 2.05) is 36.4 Å². The second-order valence-electron chi connectivity index (χ2n) is 5.81. The first kappa shape index (κ1) is 18.1. The molecule has 0 aliphatic heterocycles. The standard InChI is InChI=1S/C22H18N2O3/c1-16(25)24-21-15-18(13-14-23-21)8-7-17-9-11-20(12-10-17)27-22(26)19-5-3-2-4-6-19/h2-15H,1H3,(H,23,24,25)/b8-7+. The number of rotatable bonds is 5. The zero-order chi connectivity index (χ0) is 19.1. The molecule has 0 saturated carbocycles. The van der Waals surface area contributed by atoms with Gasteiger partial charge in [-0.1, -0.05) is 42.5 Å². The predicted molar refractivity (Wildman–Crippen MR) is 105 cm³/mol. The van der Waals surface area contributed by atoms with Gasteiger partial charge >= 0.3 is 5.97 Å². The summed E-state index contributed by atoms with van der Waals surface area (Å²) in [5.41, 5.74) is 2.37. The number of amides is 1. The van der Waals surface area contributed by atoms with E-state index in [0.717, 1.165) is 11.1 Å². The molecule has 2 aromatic carbocycles. The molecule has 3 aromatic rings. The summed E-state index contributed by atoms with van der Waals surface area (Å²) < 4.78 is 5.36. The van der Waals surface area contributed by atoms with Gasteiger partial charge < -0.3 is 10.1 Å². The average molecular weight is 358 g/mol. The van der Waals surface area contributed by atoms with Gasteiger partial charge in [-0.2, -0.15) is 0 Å². The summed E-state index contributed by atoms with van der Waals surface area (Å²) in [6.07, 6.45) is 5.48. The van der Waals surface area contributed by atoms with Gasteiger partial charge in [-0.15, -0.1) is 0 Å². The summed E-state index contributed by atoms with van der Waals surface area (Å²) in [6, 6.07) is 19.7. The van der Waals surface area contributed by atoms with Crippen LogP contribution < -0.4 is 10.1 Å². The summed E-state index contributed by atoms with van der Waals surface area (Å²) in [4.78, 5) is 27.2. The molecule has 0 fully saturated rings. The molecular weight excluding hydrogens is 340 g/mol. The van der Waals surface area contributed by atoms with E-state index in [9.17, 15) is 9.59 Å². The number of carbonyl (C=O) groups is 2. The molecule has 0 aliphatic carbocycles. The summed E-state index contributed by atoms with van der Waals surface area (Å²) in [5, 5.41) is 2.65. The van der Waals surface area contributed by atoms with Crippen molar-refractivity contribution in [2.24, 2.45) is 0 Å².